The zero-order chi connectivity index (χ0) is 18.1. The summed E-state index contributed by atoms with van der Waals surface area (Å²) in [6, 6.07) is 14.8. The Morgan fingerprint density at radius 1 is 0.889 bits per heavy atom. The molecule has 1 aromatic heterocycles. The van der Waals surface area contributed by atoms with Crippen molar-refractivity contribution < 1.29 is 9.90 Å². The molecule has 0 saturated heterocycles. The van der Waals surface area contributed by atoms with Crippen LogP contribution in [-0.4, -0.2) is 35.2 Å². The fourth-order valence-corrected chi connectivity index (χ4v) is 3.71. The quantitative estimate of drug-likeness (QED) is 0.501. The molecule has 0 bridgehead atoms. The van der Waals surface area contributed by atoms with Gasteiger partial charge in [-0.05, 0) is 19.0 Å². The molecule has 0 unspecified atom stereocenters. The maximum atomic E-state index is 13.1. The Morgan fingerprint density at radius 3 is 2.30 bits per heavy atom. The number of nitrogens with one attached hydrogen (secondary N) is 1. The Bertz CT molecular complexity index is 1060. The van der Waals surface area contributed by atoms with Gasteiger partial charge in [0.15, 0.2) is 5.78 Å². The number of nitrogens with zero attached hydrogens (tertiary/aromatic N) is 1. The van der Waals surface area contributed by atoms with Gasteiger partial charge in [-0.25, -0.2) is 0 Å². The number of rotatable bonds is 6. The monoisotopic (exact) mass is 384 g/mol. The first-order valence-corrected chi connectivity index (χ1v) is 8.85. The second kappa shape index (κ2) is 8.05. The average molecular weight is 385 g/mol. The molecule has 2 aromatic carbocycles. The first kappa shape index (κ1) is 19.3. The topological polar surface area (TPSA) is 71.3 Å². The van der Waals surface area contributed by atoms with E-state index >= 15 is 0 Å². The maximum Gasteiger partial charge on any atom is 0.258 e. The van der Waals surface area contributed by atoms with E-state index < -0.39 is 0 Å². The van der Waals surface area contributed by atoms with Gasteiger partial charge < -0.3 is 15.0 Å². The molecule has 6 heteroatoms. The number of benzene rings is 2. The van der Waals surface area contributed by atoms with Crippen molar-refractivity contribution >= 4 is 29.0 Å². The lowest BCUT2D eigenvalue weighted by molar-refractivity contribution is 0.104. The zero-order valence-corrected chi connectivity index (χ0v) is 15.6. The molecular formula is C21H21ClN2O3. The molecule has 2 N–H and O–H groups in total. The molecule has 1 heterocycles. The van der Waals surface area contributed by atoms with Crippen molar-refractivity contribution in [3.63, 3.8) is 0 Å². The smallest absolute Gasteiger partial charge is 0.258 e. The SMILES string of the molecule is Cl.O=C1c2ccccc2-c2c1c1ccccc1c(=O)n2CCCNCCO. The highest BCUT2D eigenvalue weighted by Crippen LogP contribution is 2.39. The van der Waals surface area contributed by atoms with Crippen LogP contribution in [0.3, 0.4) is 0 Å². The lowest BCUT2D eigenvalue weighted by atomic mass is 10.0. The molecule has 27 heavy (non-hydrogen) atoms. The third-order valence-electron chi connectivity index (χ3n) is 4.86. The molecule has 0 fully saturated rings. The Balaban J connectivity index is 0.00000210. The number of carbonyl (C=O) groups is 1. The van der Waals surface area contributed by atoms with Crippen LogP contribution in [0.15, 0.2) is 53.3 Å². The standard InChI is InChI=1S/C21H20N2O3.ClH/c24-13-11-22-10-5-12-23-19-15-7-2-3-8-16(15)20(25)18(19)14-6-1-4-9-17(14)21(23)26;/h1-4,6-9,22,24H,5,10-13H2;1H. The molecule has 0 saturated carbocycles. The molecule has 4 rings (SSSR count). The average Bonchev–Trinajstić information content (AvgIpc) is 2.97. The van der Waals surface area contributed by atoms with Crippen molar-refractivity contribution in [2.75, 3.05) is 19.7 Å². The number of hydrogen-bond donors (Lipinski definition) is 2. The van der Waals surface area contributed by atoms with E-state index in [1.54, 1.807) is 10.6 Å². The number of aromatic nitrogens is 1. The van der Waals surface area contributed by atoms with Gasteiger partial charge in [0.2, 0.25) is 0 Å². The second-order valence-electron chi connectivity index (χ2n) is 6.43. The van der Waals surface area contributed by atoms with E-state index in [9.17, 15) is 9.59 Å². The molecular weight excluding hydrogens is 364 g/mol. The van der Waals surface area contributed by atoms with Gasteiger partial charge in [-0.1, -0.05) is 42.5 Å². The molecule has 1 aliphatic rings. The minimum absolute atomic E-state index is 0. The summed E-state index contributed by atoms with van der Waals surface area (Å²) in [6.45, 7) is 1.84. The first-order valence-electron chi connectivity index (χ1n) is 8.85. The van der Waals surface area contributed by atoms with Crippen LogP contribution in [0.1, 0.15) is 22.3 Å². The Morgan fingerprint density at radius 2 is 1.56 bits per heavy atom. The summed E-state index contributed by atoms with van der Waals surface area (Å²) in [6.07, 6.45) is 0.737. The lowest BCUT2D eigenvalue weighted by Crippen LogP contribution is -2.26. The molecule has 0 amide bonds. The minimum Gasteiger partial charge on any atom is -0.395 e. The van der Waals surface area contributed by atoms with Crippen LogP contribution in [0, 0.1) is 0 Å². The number of hydrogen-bond acceptors (Lipinski definition) is 4. The van der Waals surface area contributed by atoms with Crippen molar-refractivity contribution in [3.05, 3.63) is 70.0 Å². The van der Waals surface area contributed by atoms with E-state index in [0.29, 0.717) is 36.1 Å². The van der Waals surface area contributed by atoms with Crippen molar-refractivity contribution in [3.8, 4) is 11.3 Å². The van der Waals surface area contributed by atoms with Gasteiger partial charge in [-0.3, -0.25) is 9.59 Å². The van der Waals surface area contributed by atoms with Crippen LogP contribution in [0.4, 0.5) is 0 Å². The number of fused-ring (bicyclic) bond motifs is 5. The highest BCUT2D eigenvalue weighted by molar-refractivity contribution is 6.26. The van der Waals surface area contributed by atoms with Gasteiger partial charge in [0, 0.05) is 35.0 Å². The largest absolute Gasteiger partial charge is 0.395 e. The predicted molar refractivity (Wildman–Crippen MR) is 109 cm³/mol. The Labute approximate surface area is 163 Å². The summed E-state index contributed by atoms with van der Waals surface area (Å²) in [5, 5.41) is 13.3. The molecule has 5 nitrogen and oxygen atoms in total. The number of halogens is 1. The molecule has 0 spiro atoms. The fraction of sp³-hybridized carbons (Fsp3) is 0.238. The number of aliphatic hydroxyl groups excluding tert-OH is 1. The van der Waals surface area contributed by atoms with Crippen LogP contribution in [0.25, 0.3) is 22.0 Å². The van der Waals surface area contributed by atoms with E-state index in [2.05, 4.69) is 5.32 Å². The van der Waals surface area contributed by atoms with Crippen LogP contribution < -0.4 is 10.9 Å². The number of pyridine rings is 1. The van der Waals surface area contributed by atoms with Gasteiger partial charge in [0.25, 0.3) is 5.56 Å². The van der Waals surface area contributed by atoms with Crippen molar-refractivity contribution in [2.24, 2.45) is 0 Å². The van der Waals surface area contributed by atoms with Crippen molar-refractivity contribution in [1.82, 2.24) is 9.88 Å². The summed E-state index contributed by atoms with van der Waals surface area (Å²) in [5.74, 6) is -0.0149. The highest BCUT2D eigenvalue weighted by atomic mass is 35.5. The third kappa shape index (κ3) is 3.18. The summed E-state index contributed by atoms with van der Waals surface area (Å²) >= 11 is 0. The predicted octanol–water partition coefficient (Wildman–Crippen LogP) is 2.61. The molecule has 3 aromatic rings. The molecule has 140 valence electrons. The minimum atomic E-state index is -0.0639. The van der Waals surface area contributed by atoms with Crippen LogP contribution in [0.2, 0.25) is 0 Å². The van der Waals surface area contributed by atoms with Crippen LogP contribution in [0.5, 0.6) is 0 Å². The first-order chi connectivity index (χ1) is 12.7. The number of aliphatic hydroxyl groups is 1. The molecule has 0 radical (unpaired) electrons. The van der Waals surface area contributed by atoms with Crippen molar-refractivity contribution in [2.45, 2.75) is 13.0 Å². The van der Waals surface area contributed by atoms with E-state index in [1.807, 2.05) is 42.5 Å². The zero-order valence-electron chi connectivity index (χ0n) is 14.8. The van der Waals surface area contributed by atoms with Gasteiger partial charge in [-0.2, -0.15) is 0 Å². The maximum absolute atomic E-state index is 13.1. The van der Waals surface area contributed by atoms with Crippen LogP contribution in [-0.2, 0) is 6.54 Å². The van der Waals surface area contributed by atoms with Crippen molar-refractivity contribution in [1.29, 1.82) is 0 Å². The van der Waals surface area contributed by atoms with E-state index in [4.69, 9.17) is 5.11 Å². The van der Waals surface area contributed by atoms with E-state index in [1.165, 1.54) is 0 Å². The van der Waals surface area contributed by atoms with Crippen LogP contribution >= 0.6 is 12.4 Å². The summed E-state index contributed by atoms with van der Waals surface area (Å²) in [7, 11) is 0. The molecule has 1 aliphatic carbocycles. The summed E-state index contributed by atoms with van der Waals surface area (Å²) in [4.78, 5) is 26.1. The normalized spacial score (nSPS) is 12.0. The molecule has 0 atom stereocenters. The van der Waals surface area contributed by atoms with E-state index in [-0.39, 0.29) is 30.4 Å². The van der Waals surface area contributed by atoms with Gasteiger partial charge in [-0.15, -0.1) is 12.4 Å². The van der Waals surface area contributed by atoms with Gasteiger partial charge >= 0.3 is 0 Å². The van der Waals surface area contributed by atoms with E-state index in [0.717, 1.165) is 23.1 Å². The second-order valence-corrected chi connectivity index (χ2v) is 6.43. The Hall–Kier alpha value is -2.47. The number of ketones is 1. The van der Waals surface area contributed by atoms with Gasteiger partial charge in [0.1, 0.15) is 0 Å². The molecule has 0 aliphatic heterocycles. The number of carbonyl (C=O) groups excluding carboxylic acids is 1. The third-order valence-corrected chi connectivity index (χ3v) is 4.86. The van der Waals surface area contributed by atoms with Gasteiger partial charge in [0.05, 0.1) is 17.9 Å². The summed E-state index contributed by atoms with van der Waals surface area (Å²) < 4.78 is 1.74. The summed E-state index contributed by atoms with van der Waals surface area (Å²) in [5.41, 5.74) is 2.79. The highest BCUT2D eigenvalue weighted by Gasteiger charge is 2.31. The Kier molecular flexibility index (Phi) is 5.75. The fourth-order valence-electron chi connectivity index (χ4n) is 3.71. The lowest BCUT2D eigenvalue weighted by Gasteiger charge is -2.15.